The Balaban J connectivity index is 1.44. The van der Waals surface area contributed by atoms with Gasteiger partial charge in [-0.05, 0) is 29.8 Å². The second-order valence-corrected chi connectivity index (χ2v) is 5.75. The van der Waals surface area contributed by atoms with Gasteiger partial charge in [-0.25, -0.2) is 9.97 Å². The summed E-state index contributed by atoms with van der Waals surface area (Å²) in [5.41, 5.74) is 8.26. The fraction of sp³-hybridized carbons (Fsp3) is 0.0500. The number of pyridine rings is 2. The SMILES string of the molecule is Nc1ccc(-c2cc(Cc3ccc(Oc4ccccc4)nc3)no2)cn1. The van der Waals surface area contributed by atoms with Crippen molar-refractivity contribution in [3.05, 3.63) is 84.3 Å². The van der Waals surface area contributed by atoms with Crippen LogP contribution >= 0.6 is 0 Å². The maximum atomic E-state index is 5.69. The van der Waals surface area contributed by atoms with Crippen LogP contribution in [0.15, 0.2) is 77.6 Å². The van der Waals surface area contributed by atoms with Gasteiger partial charge in [-0.1, -0.05) is 29.4 Å². The van der Waals surface area contributed by atoms with Crippen molar-refractivity contribution < 1.29 is 9.26 Å². The lowest BCUT2D eigenvalue weighted by Gasteiger charge is -2.04. The minimum atomic E-state index is 0.470. The van der Waals surface area contributed by atoms with Crippen LogP contribution in [0, 0.1) is 0 Å². The summed E-state index contributed by atoms with van der Waals surface area (Å²) in [7, 11) is 0. The summed E-state index contributed by atoms with van der Waals surface area (Å²) in [4.78, 5) is 8.40. The summed E-state index contributed by atoms with van der Waals surface area (Å²) in [6, 6.07) is 18.8. The molecule has 0 radical (unpaired) electrons. The highest BCUT2D eigenvalue weighted by atomic mass is 16.5. The Labute approximate surface area is 150 Å². The van der Waals surface area contributed by atoms with E-state index in [0.717, 1.165) is 22.6 Å². The van der Waals surface area contributed by atoms with Gasteiger partial charge in [0.1, 0.15) is 11.6 Å². The first-order chi connectivity index (χ1) is 12.8. The molecule has 0 aliphatic carbocycles. The molecule has 6 heteroatoms. The molecular weight excluding hydrogens is 328 g/mol. The molecule has 0 amide bonds. The Morgan fingerprint density at radius 2 is 1.81 bits per heavy atom. The molecule has 0 saturated carbocycles. The highest BCUT2D eigenvalue weighted by Gasteiger charge is 2.08. The number of anilines is 1. The Kier molecular flexibility index (Phi) is 4.30. The molecule has 128 valence electrons. The summed E-state index contributed by atoms with van der Waals surface area (Å²) in [5, 5.41) is 4.11. The van der Waals surface area contributed by atoms with E-state index in [-0.39, 0.29) is 0 Å². The standard InChI is InChI=1S/C20H16N4O2/c21-19-8-7-15(13-22-19)18-11-16(24-26-18)10-14-6-9-20(23-12-14)25-17-4-2-1-3-5-17/h1-9,11-13H,10H2,(H2,21,22). The maximum absolute atomic E-state index is 5.69. The van der Waals surface area contributed by atoms with E-state index in [1.165, 1.54) is 0 Å². The number of aromatic nitrogens is 3. The molecule has 3 aromatic heterocycles. The average Bonchev–Trinajstić information content (AvgIpc) is 3.13. The van der Waals surface area contributed by atoms with Gasteiger partial charge in [0.05, 0.1) is 5.69 Å². The van der Waals surface area contributed by atoms with Gasteiger partial charge in [-0.15, -0.1) is 0 Å². The minimum Gasteiger partial charge on any atom is -0.439 e. The summed E-state index contributed by atoms with van der Waals surface area (Å²) in [6.07, 6.45) is 4.05. The predicted octanol–water partition coefficient (Wildman–Crippen LogP) is 4.10. The van der Waals surface area contributed by atoms with E-state index in [1.807, 2.05) is 54.6 Å². The zero-order valence-corrected chi connectivity index (χ0v) is 13.9. The lowest BCUT2D eigenvalue weighted by molar-refractivity contribution is 0.425. The first kappa shape index (κ1) is 15.8. The molecule has 0 unspecified atom stereocenters. The number of nitrogen functional groups attached to an aromatic ring is 1. The van der Waals surface area contributed by atoms with Crippen LogP contribution in [0.2, 0.25) is 0 Å². The number of ether oxygens (including phenoxy) is 1. The van der Waals surface area contributed by atoms with Crippen LogP contribution in [-0.4, -0.2) is 15.1 Å². The van der Waals surface area contributed by atoms with Crippen LogP contribution in [0.5, 0.6) is 11.6 Å². The van der Waals surface area contributed by atoms with E-state index >= 15 is 0 Å². The van der Waals surface area contributed by atoms with Gasteiger partial charge in [0.25, 0.3) is 0 Å². The summed E-state index contributed by atoms with van der Waals surface area (Å²) < 4.78 is 11.1. The van der Waals surface area contributed by atoms with E-state index in [9.17, 15) is 0 Å². The molecule has 1 aromatic carbocycles. The first-order valence-electron chi connectivity index (χ1n) is 8.11. The van der Waals surface area contributed by atoms with Gasteiger partial charge in [0, 0.05) is 36.5 Å². The van der Waals surface area contributed by atoms with Crippen LogP contribution < -0.4 is 10.5 Å². The normalized spacial score (nSPS) is 10.6. The largest absolute Gasteiger partial charge is 0.439 e. The molecular formula is C20H16N4O2. The summed E-state index contributed by atoms with van der Waals surface area (Å²) in [6.45, 7) is 0. The molecule has 0 saturated heterocycles. The molecule has 4 aromatic rings. The number of nitrogens with two attached hydrogens (primary N) is 1. The van der Waals surface area contributed by atoms with Crippen LogP contribution in [0.1, 0.15) is 11.3 Å². The molecule has 2 N–H and O–H groups in total. The maximum Gasteiger partial charge on any atom is 0.219 e. The number of benzene rings is 1. The quantitative estimate of drug-likeness (QED) is 0.586. The van der Waals surface area contributed by atoms with Crippen molar-refractivity contribution in [2.45, 2.75) is 6.42 Å². The lowest BCUT2D eigenvalue weighted by atomic mass is 10.1. The zero-order valence-electron chi connectivity index (χ0n) is 13.9. The molecule has 0 aliphatic rings. The van der Waals surface area contributed by atoms with E-state index in [2.05, 4.69) is 15.1 Å². The Morgan fingerprint density at radius 3 is 2.54 bits per heavy atom. The number of para-hydroxylation sites is 1. The van der Waals surface area contributed by atoms with E-state index in [4.69, 9.17) is 15.0 Å². The predicted molar refractivity (Wildman–Crippen MR) is 97.7 cm³/mol. The van der Waals surface area contributed by atoms with Crippen molar-refractivity contribution >= 4 is 5.82 Å². The fourth-order valence-corrected chi connectivity index (χ4v) is 2.48. The van der Waals surface area contributed by atoms with Crippen LogP contribution in [-0.2, 0) is 6.42 Å². The molecule has 6 nitrogen and oxygen atoms in total. The highest BCUT2D eigenvalue weighted by Crippen LogP contribution is 2.22. The van der Waals surface area contributed by atoms with E-state index < -0.39 is 0 Å². The first-order valence-corrected chi connectivity index (χ1v) is 8.11. The van der Waals surface area contributed by atoms with Gasteiger partial charge in [-0.3, -0.25) is 0 Å². The van der Waals surface area contributed by atoms with E-state index in [1.54, 1.807) is 18.5 Å². The smallest absolute Gasteiger partial charge is 0.219 e. The van der Waals surface area contributed by atoms with Crippen molar-refractivity contribution in [2.24, 2.45) is 0 Å². The Hall–Kier alpha value is -3.67. The van der Waals surface area contributed by atoms with Crippen LogP contribution in [0.25, 0.3) is 11.3 Å². The number of hydrogen-bond donors (Lipinski definition) is 1. The molecule has 0 bridgehead atoms. The second-order valence-electron chi connectivity index (χ2n) is 5.75. The number of nitrogens with zero attached hydrogens (tertiary/aromatic N) is 3. The minimum absolute atomic E-state index is 0.470. The summed E-state index contributed by atoms with van der Waals surface area (Å²) >= 11 is 0. The van der Waals surface area contributed by atoms with Gasteiger partial charge in [0.2, 0.25) is 5.88 Å². The third kappa shape index (κ3) is 3.70. The monoisotopic (exact) mass is 344 g/mol. The van der Waals surface area contributed by atoms with Crippen molar-refractivity contribution in [1.82, 2.24) is 15.1 Å². The molecule has 0 fully saturated rings. The Bertz CT molecular complexity index is 981. The highest BCUT2D eigenvalue weighted by molar-refractivity contribution is 5.57. The van der Waals surface area contributed by atoms with Crippen molar-refractivity contribution in [1.29, 1.82) is 0 Å². The van der Waals surface area contributed by atoms with E-state index in [0.29, 0.717) is 23.9 Å². The molecule has 26 heavy (non-hydrogen) atoms. The van der Waals surface area contributed by atoms with Crippen molar-refractivity contribution in [3.63, 3.8) is 0 Å². The second kappa shape index (κ2) is 7.06. The molecule has 3 heterocycles. The Morgan fingerprint density at radius 1 is 0.923 bits per heavy atom. The topological polar surface area (TPSA) is 87.1 Å². The third-order valence-electron chi connectivity index (χ3n) is 3.78. The van der Waals surface area contributed by atoms with Gasteiger partial charge in [0.15, 0.2) is 5.76 Å². The molecule has 0 atom stereocenters. The van der Waals surface area contributed by atoms with Crippen LogP contribution in [0.4, 0.5) is 5.82 Å². The van der Waals surface area contributed by atoms with Crippen molar-refractivity contribution in [2.75, 3.05) is 5.73 Å². The number of hydrogen-bond acceptors (Lipinski definition) is 6. The van der Waals surface area contributed by atoms with Gasteiger partial charge in [-0.2, -0.15) is 0 Å². The van der Waals surface area contributed by atoms with Crippen LogP contribution in [0.3, 0.4) is 0 Å². The van der Waals surface area contributed by atoms with Crippen molar-refractivity contribution in [3.8, 4) is 23.0 Å². The third-order valence-corrected chi connectivity index (χ3v) is 3.78. The fourth-order valence-electron chi connectivity index (χ4n) is 2.48. The molecule has 4 rings (SSSR count). The molecule has 0 spiro atoms. The number of rotatable bonds is 5. The zero-order chi connectivity index (χ0) is 17.8. The van der Waals surface area contributed by atoms with Gasteiger partial charge >= 0.3 is 0 Å². The molecule has 0 aliphatic heterocycles. The van der Waals surface area contributed by atoms with Gasteiger partial charge < -0.3 is 15.0 Å². The average molecular weight is 344 g/mol. The summed E-state index contributed by atoms with van der Waals surface area (Å²) in [5.74, 6) is 2.43. The lowest BCUT2D eigenvalue weighted by Crippen LogP contribution is -1.92.